The molecule has 3 aliphatic heterocycles. The van der Waals surface area contributed by atoms with Crippen molar-refractivity contribution >= 4 is 5.82 Å². The van der Waals surface area contributed by atoms with Gasteiger partial charge >= 0.3 is 6.18 Å². The number of alkyl halides is 3. The molecular formula is C21H24F3N5O. The predicted octanol–water partition coefficient (Wildman–Crippen LogP) is 3.46. The summed E-state index contributed by atoms with van der Waals surface area (Å²) in [5.74, 6) is 1.49. The minimum absolute atomic E-state index is 0.353. The topological polar surface area (TPSA) is 69.2 Å². The molecule has 160 valence electrons. The Balaban J connectivity index is 1.37. The Hall–Kier alpha value is -2.13. The van der Waals surface area contributed by atoms with Crippen LogP contribution in [0.1, 0.15) is 49.0 Å². The molecule has 2 bridgehead atoms. The van der Waals surface area contributed by atoms with E-state index >= 15 is 0 Å². The van der Waals surface area contributed by atoms with Crippen molar-refractivity contribution in [3.05, 3.63) is 29.8 Å². The maximum Gasteiger partial charge on any atom is 0.419 e. The molecule has 5 aliphatic rings. The van der Waals surface area contributed by atoms with Crippen LogP contribution in [0.25, 0.3) is 11.3 Å². The van der Waals surface area contributed by atoms with E-state index in [2.05, 4.69) is 14.5 Å². The average Bonchev–Trinajstić information content (AvgIpc) is 3.25. The number of nitrogens with two attached hydrogens (primary N) is 1. The van der Waals surface area contributed by atoms with Gasteiger partial charge in [0.15, 0.2) is 0 Å². The fraction of sp³-hybridized carbons (Fsp3) is 0.619. The lowest BCUT2D eigenvalue weighted by Gasteiger charge is -2.43. The summed E-state index contributed by atoms with van der Waals surface area (Å²) in [5.41, 5.74) is 5.50. The molecule has 30 heavy (non-hydrogen) atoms. The Morgan fingerprint density at radius 1 is 1.20 bits per heavy atom. The number of ether oxygens (including phenoxy) is 1. The third kappa shape index (κ3) is 2.71. The first-order valence-electron chi connectivity index (χ1n) is 10.7. The van der Waals surface area contributed by atoms with Crippen molar-refractivity contribution in [2.75, 3.05) is 25.5 Å². The van der Waals surface area contributed by atoms with Crippen LogP contribution in [0.2, 0.25) is 0 Å². The molecule has 3 atom stereocenters. The molecule has 5 heterocycles. The number of aromatic nitrogens is 3. The summed E-state index contributed by atoms with van der Waals surface area (Å²) >= 11 is 0. The highest BCUT2D eigenvalue weighted by molar-refractivity contribution is 5.62. The lowest BCUT2D eigenvalue weighted by atomic mass is 9.78. The van der Waals surface area contributed by atoms with E-state index in [-0.39, 0.29) is 0 Å². The number of rotatable bonds is 4. The van der Waals surface area contributed by atoms with Crippen molar-refractivity contribution in [2.45, 2.75) is 55.9 Å². The predicted molar refractivity (Wildman–Crippen MR) is 104 cm³/mol. The smallest absolute Gasteiger partial charge is 0.383 e. The summed E-state index contributed by atoms with van der Waals surface area (Å²) in [6.45, 7) is 2.68. The van der Waals surface area contributed by atoms with E-state index in [9.17, 15) is 13.2 Å². The van der Waals surface area contributed by atoms with Gasteiger partial charge in [-0.3, -0.25) is 4.90 Å². The number of nitrogen functional groups attached to an aromatic ring is 1. The van der Waals surface area contributed by atoms with Crippen LogP contribution in [0, 0.1) is 5.92 Å². The number of pyridine rings is 1. The zero-order valence-corrected chi connectivity index (χ0v) is 16.5. The number of halogens is 3. The van der Waals surface area contributed by atoms with Gasteiger partial charge in [0.05, 0.1) is 36.6 Å². The molecule has 1 unspecified atom stereocenters. The van der Waals surface area contributed by atoms with Crippen molar-refractivity contribution < 1.29 is 17.9 Å². The van der Waals surface area contributed by atoms with Gasteiger partial charge in [0, 0.05) is 36.5 Å². The quantitative estimate of drug-likeness (QED) is 0.822. The van der Waals surface area contributed by atoms with Crippen molar-refractivity contribution in [1.82, 2.24) is 19.4 Å². The highest BCUT2D eigenvalue weighted by atomic mass is 19.4. The van der Waals surface area contributed by atoms with Crippen molar-refractivity contribution in [1.29, 1.82) is 0 Å². The molecule has 2 saturated carbocycles. The van der Waals surface area contributed by atoms with Gasteiger partial charge in [0.1, 0.15) is 11.6 Å². The first kappa shape index (κ1) is 18.6. The van der Waals surface area contributed by atoms with Crippen molar-refractivity contribution in [2.24, 2.45) is 5.92 Å². The van der Waals surface area contributed by atoms with E-state index in [0.717, 1.165) is 44.5 Å². The summed E-state index contributed by atoms with van der Waals surface area (Å²) in [4.78, 5) is 11.2. The standard InChI is InChI=1S/C21H24F3N5O/c22-21(23,24)15-4-12(6-26-19(15)25)16-8-29(20(27-16)11-2-1-3-11)18-13-5-17(18)28(7-13)14-9-30-10-14/h4,6,8,11,13-14,17-18H,1-3,5,7,9-10H2,(H2,25,26)/t13-,17?,18-/m0/s1. The molecule has 7 rings (SSSR count). The van der Waals surface area contributed by atoms with Crippen LogP contribution in [0.4, 0.5) is 19.0 Å². The van der Waals surface area contributed by atoms with Crippen LogP contribution in [0.5, 0.6) is 0 Å². The van der Waals surface area contributed by atoms with Crippen molar-refractivity contribution in [3.63, 3.8) is 0 Å². The van der Waals surface area contributed by atoms with Crippen LogP contribution in [0.15, 0.2) is 18.5 Å². The Morgan fingerprint density at radius 2 is 2.00 bits per heavy atom. The molecule has 0 spiro atoms. The second-order valence-corrected chi connectivity index (χ2v) is 9.12. The molecule has 0 radical (unpaired) electrons. The molecule has 2 aromatic rings. The largest absolute Gasteiger partial charge is 0.419 e. The SMILES string of the molecule is Nc1ncc(-c2cn([C@@H]3C4C[C@H]3CN4C3COC3)c(C3CCC3)n2)cc1C(F)(F)F. The van der Waals surface area contributed by atoms with E-state index in [0.29, 0.717) is 41.2 Å². The number of hydrogen-bond donors (Lipinski definition) is 1. The van der Waals surface area contributed by atoms with Crippen LogP contribution in [-0.4, -0.2) is 51.3 Å². The van der Waals surface area contributed by atoms with Gasteiger partial charge < -0.3 is 15.0 Å². The number of fused-ring (bicyclic) bond motifs is 1. The van der Waals surface area contributed by atoms with E-state index in [4.69, 9.17) is 15.5 Å². The fourth-order valence-corrected chi connectivity index (χ4v) is 5.47. The van der Waals surface area contributed by atoms with E-state index < -0.39 is 17.6 Å². The number of nitrogens with zero attached hydrogens (tertiary/aromatic N) is 4. The van der Waals surface area contributed by atoms with Crippen molar-refractivity contribution in [3.8, 4) is 11.3 Å². The summed E-state index contributed by atoms with van der Waals surface area (Å²) in [7, 11) is 0. The summed E-state index contributed by atoms with van der Waals surface area (Å²) in [5, 5.41) is 0. The van der Waals surface area contributed by atoms with Gasteiger partial charge in [-0.2, -0.15) is 13.2 Å². The van der Waals surface area contributed by atoms with E-state index in [1.165, 1.54) is 19.0 Å². The van der Waals surface area contributed by atoms with E-state index in [1.54, 1.807) is 0 Å². The molecule has 3 saturated heterocycles. The molecule has 0 aromatic carbocycles. The van der Waals surface area contributed by atoms with Gasteiger partial charge in [-0.05, 0) is 31.2 Å². The van der Waals surface area contributed by atoms with Gasteiger partial charge in [0.2, 0.25) is 0 Å². The number of anilines is 1. The second kappa shape index (κ2) is 6.43. The molecule has 6 nitrogen and oxygen atoms in total. The maximum atomic E-state index is 13.3. The van der Waals surface area contributed by atoms with Gasteiger partial charge in [-0.25, -0.2) is 9.97 Å². The number of imidazole rings is 1. The monoisotopic (exact) mass is 419 g/mol. The van der Waals surface area contributed by atoms with Crippen LogP contribution < -0.4 is 5.73 Å². The van der Waals surface area contributed by atoms with E-state index in [1.807, 2.05) is 6.20 Å². The lowest BCUT2D eigenvalue weighted by molar-refractivity contribution is -0.137. The minimum atomic E-state index is -4.54. The zero-order chi connectivity index (χ0) is 20.6. The zero-order valence-electron chi connectivity index (χ0n) is 16.5. The third-order valence-electron chi connectivity index (χ3n) is 7.45. The summed E-state index contributed by atoms with van der Waals surface area (Å²) in [6.07, 6.45) is 3.35. The summed E-state index contributed by atoms with van der Waals surface area (Å²) < 4.78 is 47.6. The average molecular weight is 419 g/mol. The molecule has 5 fully saturated rings. The lowest BCUT2D eigenvalue weighted by Crippen LogP contribution is -2.52. The highest BCUT2D eigenvalue weighted by Crippen LogP contribution is 2.53. The Morgan fingerprint density at radius 3 is 2.63 bits per heavy atom. The highest BCUT2D eigenvalue weighted by Gasteiger charge is 2.56. The normalized spacial score (nSPS) is 29.5. The Kier molecular flexibility index (Phi) is 3.99. The first-order chi connectivity index (χ1) is 14.4. The van der Waals surface area contributed by atoms with Crippen LogP contribution in [0.3, 0.4) is 0 Å². The minimum Gasteiger partial charge on any atom is -0.383 e. The molecular weight excluding hydrogens is 395 g/mol. The Labute approximate surface area is 172 Å². The summed E-state index contributed by atoms with van der Waals surface area (Å²) in [6, 6.07) is 2.41. The van der Waals surface area contributed by atoms with Gasteiger partial charge in [-0.15, -0.1) is 0 Å². The third-order valence-corrected chi connectivity index (χ3v) is 7.45. The van der Waals surface area contributed by atoms with Gasteiger partial charge in [-0.1, -0.05) is 6.42 Å². The Bertz CT molecular complexity index is 982. The van der Waals surface area contributed by atoms with Gasteiger partial charge in [0.25, 0.3) is 0 Å². The second-order valence-electron chi connectivity index (χ2n) is 9.12. The number of hydrogen-bond acceptors (Lipinski definition) is 5. The molecule has 2 aromatic heterocycles. The molecule has 2 N–H and O–H groups in total. The molecule has 9 heteroatoms. The van der Waals surface area contributed by atoms with Crippen LogP contribution >= 0.6 is 0 Å². The molecule has 2 aliphatic carbocycles. The van der Waals surface area contributed by atoms with Crippen LogP contribution in [-0.2, 0) is 10.9 Å². The maximum absolute atomic E-state index is 13.3. The fourth-order valence-electron chi connectivity index (χ4n) is 5.47. The molecule has 0 amide bonds. The first-order valence-corrected chi connectivity index (χ1v) is 10.7.